The number of rotatable bonds is 1. The van der Waals surface area contributed by atoms with Crippen LogP contribution in [0.25, 0.3) is 10.4 Å². The second kappa shape index (κ2) is 3.66. The van der Waals surface area contributed by atoms with Crippen LogP contribution in [0.15, 0.2) is 29.9 Å². The fourth-order valence-corrected chi connectivity index (χ4v) is 2.36. The third-order valence-electron chi connectivity index (χ3n) is 1.58. The second-order valence-electron chi connectivity index (χ2n) is 2.49. The SMILES string of the molecule is Clc1cncc(-c2sccc2Cl)c1. The molecule has 0 aliphatic carbocycles. The predicted molar refractivity (Wildman–Crippen MR) is 57.6 cm³/mol. The van der Waals surface area contributed by atoms with Gasteiger partial charge in [-0.05, 0) is 17.5 Å². The van der Waals surface area contributed by atoms with Gasteiger partial charge >= 0.3 is 0 Å². The summed E-state index contributed by atoms with van der Waals surface area (Å²) >= 11 is 13.4. The molecule has 0 N–H and O–H groups in total. The van der Waals surface area contributed by atoms with Crippen LogP contribution >= 0.6 is 34.5 Å². The number of hydrogen-bond donors (Lipinski definition) is 0. The van der Waals surface area contributed by atoms with Crippen molar-refractivity contribution in [1.29, 1.82) is 0 Å². The molecule has 2 aromatic rings. The summed E-state index contributed by atoms with van der Waals surface area (Å²) in [7, 11) is 0. The van der Waals surface area contributed by atoms with E-state index in [-0.39, 0.29) is 0 Å². The zero-order valence-electron chi connectivity index (χ0n) is 6.50. The number of halogens is 2. The van der Waals surface area contributed by atoms with Gasteiger partial charge in [-0.25, -0.2) is 0 Å². The van der Waals surface area contributed by atoms with E-state index in [1.54, 1.807) is 23.7 Å². The Bertz CT molecular complexity index is 425. The average molecular weight is 230 g/mol. The quantitative estimate of drug-likeness (QED) is 0.718. The molecule has 0 spiro atoms. The molecule has 0 atom stereocenters. The van der Waals surface area contributed by atoms with Crippen LogP contribution < -0.4 is 0 Å². The highest BCUT2D eigenvalue weighted by atomic mass is 35.5. The molecule has 2 rings (SSSR count). The van der Waals surface area contributed by atoms with Gasteiger partial charge in [0.15, 0.2) is 0 Å². The van der Waals surface area contributed by atoms with Crippen LogP contribution in [0.2, 0.25) is 10.0 Å². The first kappa shape index (κ1) is 9.00. The molecule has 0 fully saturated rings. The lowest BCUT2D eigenvalue weighted by Gasteiger charge is -1.97. The van der Waals surface area contributed by atoms with Crippen LogP contribution in [0.4, 0.5) is 0 Å². The Morgan fingerprint density at radius 3 is 2.69 bits per heavy atom. The summed E-state index contributed by atoms with van der Waals surface area (Å²) in [6, 6.07) is 3.72. The number of thiophene rings is 1. The zero-order valence-corrected chi connectivity index (χ0v) is 8.83. The van der Waals surface area contributed by atoms with Gasteiger partial charge in [0, 0.05) is 18.0 Å². The summed E-state index contributed by atoms with van der Waals surface area (Å²) < 4.78 is 0. The second-order valence-corrected chi connectivity index (χ2v) is 4.25. The third-order valence-corrected chi connectivity index (χ3v) is 3.18. The summed E-state index contributed by atoms with van der Waals surface area (Å²) in [5.74, 6) is 0. The van der Waals surface area contributed by atoms with Crippen molar-refractivity contribution >= 4 is 34.5 Å². The molecular weight excluding hydrogens is 225 g/mol. The minimum atomic E-state index is 0.627. The van der Waals surface area contributed by atoms with Crippen LogP contribution in [0, 0.1) is 0 Å². The van der Waals surface area contributed by atoms with E-state index in [2.05, 4.69) is 4.98 Å². The Kier molecular flexibility index (Phi) is 2.54. The van der Waals surface area contributed by atoms with Crippen molar-refractivity contribution in [1.82, 2.24) is 4.98 Å². The smallest absolute Gasteiger partial charge is 0.0595 e. The Labute approximate surface area is 90.0 Å². The van der Waals surface area contributed by atoms with E-state index < -0.39 is 0 Å². The molecule has 0 aliphatic rings. The van der Waals surface area contributed by atoms with Crippen molar-refractivity contribution in [2.45, 2.75) is 0 Å². The Balaban J connectivity index is 2.53. The van der Waals surface area contributed by atoms with E-state index in [1.165, 1.54) is 0 Å². The maximum Gasteiger partial charge on any atom is 0.0595 e. The van der Waals surface area contributed by atoms with Gasteiger partial charge in [0.05, 0.1) is 14.9 Å². The Hall–Kier alpha value is -0.570. The monoisotopic (exact) mass is 229 g/mol. The molecule has 0 aliphatic heterocycles. The van der Waals surface area contributed by atoms with Gasteiger partial charge in [0.2, 0.25) is 0 Å². The highest BCUT2D eigenvalue weighted by molar-refractivity contribution is 7.14. The van der Waals surface area contributed by atoms with Crippen molar-refractivity contribution in [2.75, 3.05) is 0 Å². The molecule has 2 aromatic heterocycles. The molecule has 0 radical (unpaired) electrons. The number of hydrogen-bond acceptors (Lipinski definition) is 2. The lowest BCUT2D eigenvalue weighted by Crippen LogP contribution is -1.76. The highest BCUT2D eigenvalue weighted by Gasteiger charge is 2.04. The number of aromatic nitrogens is 1. The maximum absolute atomic E-state index is 5.97. The van der Waals surface area contributed by atoms with Crippen molar-refractivity contribution < 1.29 is 0 Å². The largest absolute Gasteiger partial charge is 0.262 e. The zero-order chi connectivity index (χ0) is 9.26. The summed E-state index contributed by atoms with van der Waals surface area (Å²) in [6.07, 6.45) is 3.36. The first-order valence-corrected chi connectivity index (χ1v) is 5.25. The average Bonchev–Trinajstić information content (AvgIpc) is 2.51. The van der Waals surface area contributed by atoms with Crippen LogP contribution in [-0.2, 0) is 0 Å². The minimum absolute atomic E-state index is 0.627. The minimum Gasteiger partial charge on any atom is -0.262 e. The topological polar surface area (TPSA) is 12.9 Å². The van der Waals surface area contributed by atoms with Crippen LogP contribution in [0.1, 0.15) is 0 Å². The summed E-state index contributed by atoms with van der Waals surface area (Å²) in [4.78, 5) is 5.01. The highest BCUT2D eigenvalue weighted by Crippen LogP contribution is 2.33. The van der Waals surface area contributed by atoms with Gasteiger partial charge in [0.1, 0.15) is 0 Å². The summed E-state index contributed by atoms with van der Waals surface area (Å²) in [6.45, 7) is 0. The fourth-order valence-electron chi connectivity index (χ4n) is 1.04. The van der Waals surface area contributed by atoms with Gasteiger partial charge in [-0.1, -0.05) is 23.2 Å². The molecule has 66 valence electrons. The van der Waals surface area contributed by atoms with Crippen LogP contribution in [0.5, 0.6) is 0 Å². The van der Waals surface area contributed by atoms with Gasteiger partial charge in [-0.3, -0.25) is 4.98 Å². The number of pyridine rings is 1. The lowest BCUT2D eigenvalue weighted by molar-refractivity contribution is 1.33. The first-order chi connectivity index (χ1) is 6.27. The first-order valence-electron chi connectivity index (χ1n) is 3.61. The van der Waals surface area contributed by atoms with Crippen LogP contribution in [0.3, 0.4) is 0 Å². The predicted octanol–water partition coefficient (Wildman–Crippen LogP) is 4.12. The molecule has 1 nitrogen and oxygen atoms in total. The van der Waals surface area contributed by atoms with E-state index in [0.717, 1.165) is 15.5 Å². The standard InChI is InChI=1S/C9H5Cl2NS/c10-7-3-6(4-12-5-7)9-8(11)1-2-13-9/h1-5H. The van der Waals surface area contributed by atoms with Crippen molar-refractivity contribution in [3.05, 3.63) is 40.0 Å². The van der Waals surface area contributed by atoms with Gasteiger partial charge < -0.3 is 0 Å². The fraction of sp³-hybridized carbons (Fsp3) is 0. The molecule has 2 heterocycles. The molecule has 0 saturated carbocycles. The molecule has 13 heavy (non-hydrogen) atoms. The van der Waals surface area contributed by atoms with Crippen molar-refractivity contribution in [3.8, 4) is 10.4 Å². The van der Waals surface area contributed by atoms with Gasteiger partial charge in [0.25, 0.3) is 0 Å². The molecule has 4 heteroatoms. The molecule has 0 amide bonds. The summed E-state index contributed by atoms with van der Waals surface area (Å²) in [5, 5.41) is 3.31. The van der Waals surface area contributed by atoms with E-state index >= 15 is 0 Å². The van der Waals surface area contributed by atoms with E-state index in [1.807, 2.05) is 17.5 Å². The van der Waals surface area contributed by atoms with E-state index in [9.17, 15) is 0 Å². The Morgan fingerprint density at radius 2 is 2.08 bits per heavy atom. The molecule has 0 saturated heterocycles. The van der Waals surface area contributed by atoms with Crippen molar-refractivity contribution in [2.24, 2.45) is 0 Å². The van der Waals surface area contributed by atoms with Gasteiger partial charge in [-0.15, -0.1) is 11.3 Å². The Morgan fingerprint density at radius 1 is 1.23 bits per heavy atom. The normalized spacial score (nSPS) is 10.3. The lowest BCUT2D eigenvalue weighted by atomic mass is 10.2. The maximum atomic E-state index is 5.97. The molecule has 0 unspecified atom stereocenters. The van der Waals surface area contributed by atoms with Crippen molar-refractivity contribution in [3.63, 3.8) is 0 Å². The number of nitrogens with zero attached hydrogens (tertiary/aromatic N) is 1. The van der Waals surface area contributed by atoms with E-state index in [0.29, 0.717) is 5.02 Å². The molecular formula is C9H5Cl2NS. The summed E-state index contributed by atoms with van der Waals surface area (Å²) in [5.41, 5.74) is 0.965. The molecule has 0 aromatic carbocycles. The van der Waals surface area contributed by atoms with Crippen LogP contribution in [-0.4, -0.2) is 4.98 Å². The molecule has 0 bridgehead atoms. The van der Waals surface area contributed by atoms with Gasteiger partial charge in [-0.2, -0.15) is 0 Å². The van der Waals surface area contributed by atoms with E-state index in [4.69, 9.17) is 23.2 Å². The third kappa shape index (κ3) is 1.85.